The fraction of sp³-hybridized carbons (Fsp3) is 0.400. The number of halogens is 2. The summed E-state index contributed by atoms with van der Waals surface area (Å²) in [4.78, 5) is 36.8. The van der Waals surface area contributed by atoms with Gasteiger partial charge in [0.25, 0.3) is 5.91 Å². The van der Waals surface area contributed by atoms with Gasteiger partial charge in [0, 0.05) is 4.47 Å². The Bertz CT molecular complexity index is 651. The zero-order chi connectivity index (χ0) is 17.1. The van der Waals surface area contributed by atoms with Crippen molar-refractivity contribution < 1.29 is 18.8 Å². The minimum absolute atomic E-state index is 0.0102. The molecule has 0 aliphatic carbocycles. The lowest BCUT2D eigenvalue weighted by molar-refractivity contribution is -0.131. The largest absolute Gasteiger partial charge is 0.326 e. The molecule has 8 heteroatoms. The van der Waals surface area contributed by atoms with Crippen LogP contribution in [0.2, 0.25) is 0 Å². The van der Waals surface area contributed by atoms with E-state index in [1.54, 1.807) is 6.07 Å². The summed E-state index contributed by atoms with van der Waals surface area (Å²) in [6.45, 7) is 3.42. The first kappa shape index (κ1) is 17.4. The zero-order valence-corrected chi connectivity index (χ0v) is 14.3. The average molecular weight is 386 g/mol. The normalized spacial score (nSPS) is 17.6. The van der Waals surface area contributed by atoms with E-state index in [0.29, 0.717) is 10.9 Å². The molecule has 4 amide bonds. The molecule has 1 aromatic rings. The number of carbonyl (C=O) groups is 3. The summed E-state index contributed by atoms with van der Waals surface area (Å²) in [6, 6.07) is 2.96. The Morgan fingerprint density at radius 2 is 2.13 bits per heavy atom. The summed E-state index contributed by atoms with van der Waals surface area (Å²) in [5, 5.41) is 4.90. The summed E-state index contributed by atoms with van der Waals surface area (Å²) in [5.74, 6) is -1.45. The number of nitrogens with zero attached hydrogens (tertiary/aromatic N) is 1. The highest BCUT2D eigenvalue weighted by Gasteiger charge is 2.39. The molecule has 1 fully saturated rings. The van der Waals surface area contributed by atoms with Gasteiger partial charge in [-0.25, -0.2) is 9.18 Å². The fourth-order valence-corrected chi connectivity index (χ4v) is 2.62. The molecule has 0 unspecified atom stereocenters. The highest BCUT2D eigenvalue weighted by atomic mass is 79.9. The lowest BCUT2D eigenvalue weighted by Gasteiger charge is -2.14. The van der Waals surface area contributed by atoms with Crippen molar-refractivity contribution >= 4 is 39.5 Å². The first-order valence-corrected chi connectivity index (χ1v) is 7.94. The van der Waals surface area contributed by atoms with Gasteiger partial charge in [-0.3, -0.25) is 14.5 Å². The van der Waals surface area contributed by atoms with E-state index < -0.39 is 36.2 Å². The zero-order valence-electron chi connectivity index (χ0n) is 12.7. The quantitative estimate of drug-likeness (QED) is 0.764. The highest BCUT2D eigenvalue weighted by molar-refractivity contribution is 9.10. The monoisotopic (exact) mass is 385 g/mol. The van der Waals surface area contributed by atoms with Gasteiger partial charge in [0.15, 0.2) is 0 Å². The Labute approximate surface area is 141 Å². The lowest BCUT2D eigenvalue weighted by Crippen LogP contribution is -2.38. The van der Waals surface area contributed by atoms with Gasteiger partial charge in [0.2, 0.25) is 5.91 Å². The fourth-order valence-electron chi connectivity index (χ4n) is 2.28. The van der Waals surface area contributed by atoms with Crippen LogP contribution >= 0.6 is 15.9 Å². The number of hydrogen-bond acceptors (Lipinski definition) is 3. The summed E-state index contributed by atoms with van der Waals surface area (Å²) in [6.07, 6.45) is 0.504. The van der Waals surface area contributed by atoms with E-state index in [1.807, 2.05) is 13.8 Å². The molecule has 1 aliphatic rings. The van der Waals surface area contributed by atoms with Crippen molar-refractivity contribution in [2.75, 3.05) is 11.9 Å². The topological polar surface area (TPSA) is 78.5 Å². The van der Waals surface area contributed by atoms with Crippen molar-refractivity contribution in [2.45, 2.75) is 26.3 Å². The molecule has 23 heavy (non-hydrogen) atoms. The molecule has 2 N–H and O–H groups in total. The second-order valence-electron chi connectivity index (χ2n) is 5.73. The number of imide groups is 1. The second kappa shape index (κ2) is 7.08. The van der Waals surface area contributed by atoms with E-state index in [1.165, 1.54) is 12.1 Å². The van der Waals surface area contributed by atoms with Crippen LogP contribution in [0.4, 0.5) is 14.9 Å². The molecule has 0 spiro atoms. The van der Waals surface area contributed by atoms with E-state index in [2.05, 4.69) is 26.6 Å². The number of nitrogens with one attached hydrogen (secondary N) is 2. The van der Waals surface area contributed by atoms with Gasteiger partial charge in [0.05, 0.1) is 5.69 Å². The van der Waals surface area contributed by atoms with E-state index in [0.717, 1.165) is 4.90 Å². The molecule has 1 aliphatic heterocycles. The molecule has 1 atom stereocenters. The molecule has 2 rings (SSSR count). The Hall–Kier alpha value is -1.96. The van der Waals surface area contributed by atoms with E-state index in [9.17, 15) is 18.8 Å². The Morgan fingerprint density at radius 1 is 1.43 bits per heavy atom. The molecular formula is C15H17BrFN3O3. The molecule has 1 heterocycles. The molecule has 0 bridgehead atoms. The number of carbonyl (C=O) groups excluding carboxylic acids is 3. The van der Waals surface area contributed by atoms with Gasteiger partial charge in [-0.05, 0) is 30.5 Å². The summed E-state index contributed by atoms with van der Waals surface area (Å²) in [5.41, 5.74) is -0.0102. The molecule has 6 nitrogen and oxygen atoms in total. The van der Waals surface area contributed by atoms with Crippen LogP contribution in [0.3, 0.4) is 0 Å². The van der Waals surface area contributed by atoms with Crippen LogP contribution in [-0.2, 0) is 9.59 Å². The van der Waals surface area contributed by atoms with Crippen LogP contribution < -0.4 is 10.6 Å². The van der Waals surface area contributed by atoms with Gasteiger partial charge < -0.3 is 10.6 Å². The first-order chi connectivity index (χ1) is 10.8. The molecule has 0 saturated carbocycles. The number of anilines is 1. The molecule has 124 valence electrons. The van der Waals surface area contributed by atoms with Crippen molar-refractivity contribution in [3.63, 3.8) is 0 Å². The standard InChI is InChI=1S/C15H17BrFN3O3/c1-8(2)5-12-14(22)20(15(23)19-12)7-13(21)18-11-4-3-9(16)6-10(11)17/h3-4,6,8,12H,5,7H2,1-2H3,(H,18,21)(H,19,23)/t12-/m0/s1. The van der Waals surface area contributed by atoms with Gasteiger partial charge in [0.1, 0.15) is 18.4 Å². The molecule has 1 aromatic carbocycles. The lowest BCUT2D eigenvalue weighted by atomic mass is 10.0. The van der Waals surface area contributed by atoms with Crippen LogP contribution in [0.1, 0.15) is 20.3 Å². The molecular weight excluding hydrogens is 369 g/mol. The van der Waals surface area contributed by atoms with E-state index >= 15 is 0 Å². The third-order valence-electron chi connectivity index (χ3n) is 3.32. The van der Waals surface area contributed by atoms with Gasteiger partial charge in [-0.2, -0.15) is 0 Å². The number of urea groups is 1. The van der Waals surface area contributed by atoms with Crippen molar-refractivity contribution in [1.29, 1.82) is 0 Å². The maximum atomic E-state index is 13.7. The van der Waals surface area contributed by atoms with Crippen LogP contribution in [0.25, 0.3) is 0 Å². The summed E-state index contributed by atoms with van der Waals surface area (Å²) < 4.78 is 14.2. The highest BCUT2D eigenvalue weighted by Crippen LogP contribution is 2.20. The van der Waals surface area contributed by atoms with Crippen LogP contribution in [0, 0.1) is 11.7 Å². The molecule has 1 saturated heterocycles. The van der Waals surface area contributed by atoms with E-state index in [4.69, 9.17) is 0 Å². The average Bonchev–Trinajstić information content (AvgIpc) is 2.69. The van der Waals surface area contributed by atoms with Gasteiger partial charge >= 0.3 is 6.03 Å². The molecule has 0 radical (unpaired) electrons. The number of hydrogen-bond donors (Lipinski definition) is 2. The van der Waals surface area contributed by atoms with Crippen molar-refractivity contribution in [3.05, 3.63) is 28.5 Å². The maximum absolute atomic E-state index is 13.7. The first-order valence-electron chi connectivity index (χ1n) is 7.14. The summed E-state index contributed by atoms with van der Waals surface area (Å²) >= 11 is 3.12. The van der Waals surface area contributed by atoms with Gasteiger partial charge in [-0.1, -0.05) is 29.8 Å². The smallest absolute Gasteiger partial charge is 0.325 e. The third kappa shape index (κ3) is 4.28. The van der Waals surface area contributed by atoms with Crippen molar-refractivity contribution in [2.24, 2.45) is 5.92 Å². The number of benzene rings is 1. The van der Waals surface area contributed by atoms with Crippen LogP contribution in [0.5, 0.6) is 0 Å². The predicted molar refractivity (Wildman–Crippen MR) is 86.2 cm³/mol. The van der Waals surface area contributed by atoms with Crippen LogP contribution in [0.15, 0.2) is 22.7 Å². The minimum atomic E-state index is -0.639. The van der Waals surface area contributed by atoms with Crippen molar-refractivity contribution in [1.82, 2.24) is 10.2 Å². The maximum Gasteiger partial charge on any atom is 0.325 e. The predicted octanol–water partition coefficient (Wildman–Crippen LogP) is 2.49. The third-order valence-corrected chi connectivity index (χ3v) is 3.81. The van der Waals surface area contributed by atoms with Crippen LogP contribution in [-0.4, -0.2) is 35.3 Å². The van der Waals surface area contributed by atoms with Crippen molar-refractivity contribution in [3.8, 4) is 0 Å². The second-order valence-corrected chi connectivity index (χ2v) is 6.64. The number of rotatable bonds is 5. The minimum Gasteiger partial charge on any atom is -0.326 e. The Balaban J connectivity index is 1.99. The number of amides is 4. The SMILES string of the molecule is CC(C)C[C@@H]1NC(=O)N(CC(=O)Nc2ccc(Br)cc2F)C1=O. The summed E-state index contributed by atoms with van der Waals surface area (Å²) in [7, 11) is 0. The Kier molecular flexibility index (Phi) is 5.35. The molecule has 0 aromatic heterocycles. The van der Waals surface area contributed by atoms with Gasteiger partial charge in [-0.15, -0.1) is 0 Å². The Morgan fingerprint density at radius 3 is 2.74 bits per heavy atom. The van der Waals surface area contributed by atoms with E-state index in [-0.39, 0.29) is 11.6 Å².